The van der Waals surface area contributed by atoms with Crippen LogP contribution in [0.5, 0.6) is 0 Å². The third-order valence-electron chi connectivity index (χ3n) is 4.24. The molecule has 0 aliphatic carbocycles. The summed E-state index contributed by atoms with van der Waals surface area (Å²) in [6.45, 7) is 4.60. The van der Waals surface area contributed by atoms with E-state index in [2.05, 4.69) is 34.3 Å². The van der Waals surface area contributed by atoms with Crippen LogP contribution in [0.4, 0.5) is 4.79 Å². The van der Waals surface area contributed by atoms with Gasteiger partial charge in [0, 0.05) is 26.5 Å². The number of amides is 2. The molecule has 7 nitrogen and oxygen atoms in total. The lowest BCUT2D eigenvalue weighted by Crippen LogP contribution is -2.41. The predicted molar refractivity (Wildman–Crippen MR) is 103 cm³/mol. The standard InChI is InChI=1S/C18H24N6OS/c1-12(2)16(17-19-7-8-23(17)3)20-18(25)24(4)11-13-10-14(22-21-13)15-6-5-9-26-15/h5-10,12,16H,11H2,1-4H3,(H,20,25)(H,21,22)/t16-/m0/s1. The summed E-state index contributed by atoms with van der Waals surface area (Å²) in [7, 11) is 3.71. The Morgan fingerprint density at radius 1 is 1.46 bits per heavy atom. The van der Waals surface area contributed by atoms with Crippen LogP contribution in [0.15, 0.2) is 36.0 Å². The number of H-pyrrole nitrogens is 1. The van der Waals surface area contributed by atoms with Crippen LogP contribution in [0.1, 0.15) is 31.4 Å². The van der Waals surface area contributed by atoms with Crippen molar-refractivity contribution >= 4 is 17.4 Å². The van der Waals surface area contributed by atoms with Gasteiger partial charge in [-0.05, 0) is 23.4 Å². The highest BCUT2D eigenvalue weighted by atomic mass is 32.1. The number of urea groups is 1. The number of hydrogen-bond acceptors (Lipinski definition) is 4. The van der Waals surface area contributed by atoms with Crippen molar-refractivity contribution in [2.24, 2.45) is 13.0 Å². The van der Waals surface area contributed by atoms with E-state index < -0.39 is 0 Å². The van der Waals surface area contributed by atoms with Gasteiger partial charge in [0.1, 0.15) is 11.5 Å². The van der Waals surface area contributed by atoms with Gasteiger partial charge >= 0.3 is 6.03 Å². The first-order chi connectivity index (χ1) is 12.5. The Morgan fingerprint density at radius 2 is 2.27 bits per heavy atom. The Labute approximate surface area is 157 Å². The topological polar surface area (TPSA) is 78.8 Å². The Bertz CT molecular complexity index is 851. The second kappa shape index (κ2) is 7.74. The van der Waals surface area contributed by atoms with Gasteiger partial charge in [0.05, 0.1) is 23.2 Å². The minimum atomic E-state index is -0.145. The van der Waals surface area contributed by atoms with Gasteiger partial charge in [0.15, 0.2) is 0 Å². The molecule has 26 heavy (non-hydrogen) atoms. The molecule has 3 heterocycles. The van der Waals surface area contributed by atoms with Crippen molar-refractivity contribution in [2.75, 3.05) is 7.05 Å². The summed E-state index contributed by atoms with van der Waals surface area (Å²) >= 11 is 1.64. The highest BCUT2D eigenvalue weighted by molar-refractivity contribution is 7.13. The monoisotopic (exact) mass is 372 g/mol. The van der Waals surface area contributed by atoms with E-state index in [0.717, 1.165) is 22.1 Å². The predicted octanol–water partition coefficient (Wildman–Crippen LogP) is 3.41. The Kier molecular flexibility index (Phi) is 5.41. The number of aryl methyl sites for hydroxylation is 1. The van der Waals surface area contributed by atoms with Gasteiger partial charge < -0.3 is 14.8 Å². The fourth-order valence-corrected chi connectivity index (χ4v) is 3.46. The molecule has 3 aromatic rings. The van der Waals surface area contributed by atoms with E-state index in [1.165, 1.54) is 0 Å². The van der Waals surface area contributed by atoms with E-state index in [0.29, 0.717) is 6.54 Å². The lowest BCUT2D eigenvalue weighted by Gasteiger charge is -2.25. The van der Waals surface area contributed by atoms with Gasteiger partial charge in [-0.3, -0.25) is 5.10 Å². The van der Waals surface area contributed by atoms with Crippen LogP contribution >= 0.6 is 11.3 Å². The fourth-order valence-electron chi connectivity index (χ4n) is 2.77. The molecule has 2 N–H and O–H groups in total. The SMILES string of the molecule is CC(C)[C@H](NC(=O)N(C)Cc1cc(-c2cccs2)n[nH]1)c1nccn1C. The first kappa shape index (κ1) is 18.2. The highest BCUT2D eigenvalue weighted by Gasteiger charge is 2.23. The largest absolute Gasteiger partial charge is 0.336 e. The van der Waals surface area contributed by atoms with Crippen LogP contribution < -0.4 is 5.32 Å². The molecule has 3 rings (SSSR count). The Hall–Kier alpha value is -2.61. The first-order valence-electron chi connectivity index (χ1n) is 8.52. The van der Waals surface area contributed by atoms with Crippen molar-refractivity contribution in [3.05, 3.63) is 47.5 Å². The summed E-state index contributed by atoms with van der Waals surface area (Å²) in [5, 5.41) is 12.4. The van der Waals surface area contributed by atoms with Gasteiger partial charge in [-0.2, -0.15) is 5.10 Å². The molecule has 3 aromatic heterocycles. The normalized spacial score (nSPS) is 12.3. The van der Waals surface area contributed by atoms with Crippen molar-refractivity contribution in [3.63, 3.8) is 0 Å². The maximum atomic E-state index is 12.6. The molecule has 0 radical (unpaired) electrons. The van der Waals surface area contributed by atoms with Crippen molar-refractivity contribution in [3.8, 4) is 10.6 Å². The van der Waals surface area contributed by atoms with Crippen molar-refractivity contribution in [1.82, 2.24) is 30.0 Å². The molecule has 0 bridgehead atoms. The first-order valence-corrected chi connectivity index (χ1v) is 9.40. The highest BCUT2D eigenvalue weighted by Crippen LogP contribution is 2.23. The van der Waals surface area contributed by atoms with E-state index >= 15 is 0 Å². The van der Waals surface area contributed by atoms with Crippen molar-refractivity contribution in [1.29, 1.82) is 0 Å². The van der Waals surface area contributed by atoms with Crippen molar-refractivity contribution < 1.29 is 4.79 Å². The molecule has 0 unspecified atom stereocenters. The molecule has 1 atom stereocenters. The molecule has 0 saturated heterocycles. The number of carbonyl (C=O) groups is 1. The molecular weight excluding hydrogens is 348 g/mol. The van der Waals surface area contributed by atoms with E-state index in [9.17, 15) is 4.79 Å². The molecule has 0 aromatic carbocycles. The molecule has 2 amide bonds. The number of rotatable bonds is 6. The number of hydrogen-bond donors (Lipinski definition) is 2. The molecule has 138 valence electrons. The summed E-state index contributed by atoms with van der Waals surface area (Å²) in [5.41, 5.74) is 1.79. The third-order valence-corrected chi connectivity index (χ3v) is 5.13. The molecule has 0 saturated carbocycles. The smallest absolute Gasteiger partial charge is 0.318 e. The Balaban J connectivity index is 1.65. The maximum absolute atomic E-state index is 12.6. The number of imidazole rings is 1. The molecule has 8 heteroatoms. The summed E-state index contributed by atoms with van der Waals surface area (Å²) in [6, 6.07) is 5.72. The third kappa shape index (κ3) is 3.96. The summed E-state index contributed by atoms with van der Waals surface area (Å²) in [6.07, 6.45) is 3.63. The van der Waals surface area contributed by atoms with E-state index in [1.807, 2.05) is 41.4 Å². The van der Waals surface area contributed by atoms with Crippen LogP contribution in [0.25, 0.3) is 10.6 Å². The Morgan fingerprint density at radius 3 is 2.88 bits per heavy atom. The second-order valence-electron chi connectivity index (χ2n) is 6.68. The van der Waals surface area contributed by atoms with E-state index in [4.69, 9.17) is 0 Å². The molecule has 0 aliphatic rings. The van der Waals surface area contributed by atoms with Gasteiger partial charge in [-0.25, -0.2) is 9.78 Å². The van der Waals surface area contributed by atoms with Gasteiger partial charge in [-0.15, -0.1) is 11.3 Å². The number of nitrogens with one attached hydrogen (secondary N) is 2. The lowest BCUT2D eigenvalue weighted by molar-refractivity contribution is 0.197. The van der Waals surface area contributed by atoms with Crippen molar-refractivity contribution in [2.45, 2.75) is 26.4 Å². The van der Waals surface area contributed by atoms with Crippen LogP contribution in [0, 0.1) is 5.92 Å². The summed E-state index contributed by atoms with van der Waals surface area (Å²) in [5.74, 6) is 1.08. The number of carbonyl (C=O) groups excluding carboxylic acids is 1. The van der Waals surface area contributed by atoms with Crippen LogP contribution in [-0.2, 0) is 13.6 Å². The zero-order valence-corrected chi connectivity index (χ0v) is 16.2. The minimum absolute atomic E-state index is 0.140. The average molecular weight is 372 g/mol. The number of aromatic nitrogens is 4. The number of nitrogens with zero attached hydrogens (tertiary/aromatic N) is 4. The number of thiophene rings is 1. The zero-order chi connectivity index (χ0) is 18.7. The fraction of sp³-hybridized carbons (Fsp3) is 0.389. The molecule has 0 fully saturated rings. The van der Waals surface area contributed by atoms with Gasteiger partial charge in [0.2, 0.25) is 0 Å². The zero-order valence-electron chi connectivity index (χ0n) is 15.4. The van der Waals surface area contributed by atoms with Gasteiger partial charge in [-0.1, -0.05) is 19.9 Å². The summed E-state index contributed by atoms with van der Waals surface area (Å²) in [4.78, 5) is 19.8. The maximum Gasteiger partial charge on any atom is 0.318 e. The van der Waals surface area contributed by atoms with E-state index in [1.54, 1.807) is 29.5 Å². The second-order valence-corrected chi connectivity index (χ2v) is 7.63. The quantitative estimate of drug-likeness (QED) is 0.696. The molecule has 0 aliphatic heterocycles. The molecular formula is C18H24N6OS. The van der Waals surface area contributed by atoms with Crippen LogP contribution in [0.3, 0.4) is 0 Å². The van der Waals surface area contributed by atoms with E-state index in [-0.39, 0.29) is 18.0 Å². The summed E-state index contributed by atoms with van der Waals surface area (Å²) < 4.78 is 1.94. The van der Waals surface area contributed by atoms with Gasteiger partial charge in [0.25, 0.3) is 0 Å². The van der Waals surface area contributed by atoms with Crippen LogP contribution in [0.2, 0.25) is 0 Å². The minimum Gasteiger partial charge on any atom is -0.336 e. The number of aromatic amines is 1. The lowest BCUT2D eigenvalue weighted by atomic mass is 10.0. The average Bonchev–Trinajstić information content (AvgIpc) is 3.33. The molecule has 0 spiro atoms. The van der Waals surface area contributed by atoms with Crippen LogP contribution in [-0.4, -0.2) is 37.7 Å².